The molecule has 16 heavy (non-hydrogen) atoms. The van der Waals surface area contributed by atoms with Gasteiger partial charge in [0.25, 0.3) is 0 Å². The fraction of sp³-hybridized carbons (Fsp3) is 0.333. The SMILES string of the molecule is N#CC1(c2ccc(F)cc2)CCCC(=O)N1. The van der Waals surface area contributed by atoms with Crippen molar-refractivity contribution in [3.8, 4) is 6.07 Å². The zero-order chi connectivity index (χ0) is 11.6. The molecule has 3 nitrogen and oxygen atoms in total. The Kier molecular flexibility index (Phi) is 2.61. The summed E-state index contributed by atoms with van der Waals surface area (Å²) in [4.78, 5) is 11.3. The van der Waals surface area contributed by atoms with Crippen LogP contribution in [0.4, 0.5) is 4.39 Å². The Labute approximate surface area is 92.9 Å². The van der Waals surface area contributed by atoms with Crippen molar-refractivity contribution >= 4 is 5.91 Å². The lowest BCUT2D eigenvalue weighted by Crippen LogP contribution is -2.47. The number of nitriles is 1. The van der Waals surface area contributed by atoms with Gasteiger partial charge in [-0.3, -0.25) is 4.79 Å². The van der Waals surface area contributed by atoms with Crippen LogP contribution < -0.4 is 5.32 Å². The van der Waals surface area contributed by atoms with E-state index in [-0.39, 0.29) is 11.7 Å². The second kappa shape index (κ2) is 3.93. The first-order valence-corrected chi connectivity index (χ1v) is 5.15. The molecule has 2 rings (SSSR count). The number of hydrogen-bond donors (Lipinski definition) is 1. The van der Waals surface area contributed by atoms with Crippen molar-refractivity contribution in [1.29, 1.82) is 5.26 Å². The molecule has 1 aromatic carbocycles. The number of amides is 1. The van der Waals surface area contributed by atoms with Gasteiger partial charge in [0.05, 0.1) is 6.07 Å². The third-order valence-corrected chi connectivity index (χ3v) is 2.84. The maximum Gasteiger partial charge on any atom is 0.221 e. The number of nitrogens with one attached hydrogen (secondary N) is 1. The highest BCUT2D eigenvalue weighted by molar-refractivity contribution is 5.78. The quantitative estimate of drug-likeness (QED) is 0.782. The van der Waals surface area contributed by atoms with Crippen LogP contribution in [0.5, 0.6) is 0 Å². The summed E-state index contributed by atoms with van der Waals surface area (Å²) in [6.45, 7) is 0. The first-order valence-electron chi connectivity index (χ1n) is 5.15. The number of hydrogen-bond acceptors (Lipinski definition) is 2. The zero-order valence-electron chi connectivity index (χ0n) is 8.66. The van der Waals surface area contributed by atoms with Gasteiger partial charge in [0.1, 0.15) is 5.82 Å². The summed E-state index contributed by atoms with van der Waals surface area (Å²) in [5, 5.41) is 11.9. The molecule has 1 aliphatic heterocycles. The van der Waals surface area contributed by atoms with E-state index in [9.17, 15) is 14.4 Å². The van der Waals surface area contributed by atoms with Crippen molar-refractivity contribution in [1.82, 2.24) is 5.32 Å². The first-order chi connectivity index (χ1) is 7.66. The predicted molar refractivity (Wildman–Crippen MR) is 55.7 cm³/mol. The zero-order valence-corrected chi connectivity index (χ0v) is 8.66. The fourth-order valence-corrected chi connectivity index (χ4v) is 1.98. The van der Waals surface area contributed by atoms with Gasteiger partial charge in [0, 0.05) is 6.42 Å². The van der Waals surface area contributed by atoms with Crippen LogP contribution in [0.2, 0.25) is 0 Å². The topological polar surface area (TPSA) is 52.9 Å². The maximum atomic E-state index is 12.8. The van der Waals surface area contributed by atoms with E-state index < -0.39 is 5.54 Å². The highest BCUT2D eigenvalue weighted by atomic mass is 19.1. The molecular formula is C12H11FN2O. The van der Waals surface area contributed by atoms with Gasteiger partial charge >= 0.3 is 0 Å². The molecule has 1 N–H and O–H groups in total. The van der Waals surface area contributed by atoms with Crippen LogP contribution in [-0.4, -0.2) is 5.91 Å². The molecule has 82 valence electrons. The number of nitrogens with zero attached hydrogens (tertiary/aromatic N) is 1. The number of rotatable bonds is 1. The summed E-state index contributed by atoms with van der Waals surface area (Å²) in [6, 6.07) is 7.82. The minimum atomic E-state index is -0.983. The highest BCUT2D eigenvalue weighted by Gasteiger charge is 2.36. The molecule has 1 fully saturated rings. The molecule has 0 saturated carbocycles. The van der Waals surface area contributed by atoms with Crippen LogP contribution in [-0.2, 0) is 10.3 Å². The van der Waals surface area contributed by atoms with E-state index in [1.54, 1.807) is 12.1 Å². The van der Waals surface area contributed by atoms with E-state index in [4.69, 9.17) is 0 Å². The second-order valence-electron chi connectivity index (χ2n) is 3.93. The van der Waals surface area contributed by atoms with Crippen molar-refractivity contribution < 1.29 is 9.18 Å². The molecule has 1 saturated heterocycles. The lowest BCUT2D eigenvalue weighted by molar-refractivity contribution is -0.124. The van der Waals surface area contributed by atoms with Crippen LogP contribution >= 0.6 is 0 Å². The Balaban J connectivity index is 2.38. The van der Waals surface area contributed by atoms with E-state index in [2.05, 4.69) is 11.4 Å². The molecule has 0 aromatic heterocycles. The van der Waals surface area contributed by atoms with Gasteiger partial charge in [0.15, 0.2) is 5.54 Å². The van der Waals surface area contributed by atoms with Crippen LogP contribution in [0, 0.1) is 17.1 Å². The molecule has 1 aliphatic rings. The Morgan fingerprint density at radius 1 is 1.38 bits per heavy atom. The molecule has 0 spiro atoms. The number of benzene rings is 1. The van der Waals surface area contributed by atoms with Gasteiger partial charge in [0.2, 0.25) is 5.91 Å². The summed E-state index contributed by atoms with van der Waals surface area (Å²) in [5.74, 6) is -0.476. The van der Waals surface area contributed by atoms with Gasteiger partial charge in [-0.25, -0.2) is 4.39 Å². The van der Waals surface area contributed by atoms with E-state index in [1.807, 2.05) is 0 Å². The van der Waals surface area contributed by atoms with Crippen molar-refractivity contribution in [3.05, 3.63) is 35.6 Å². The molecular weight excluding hydrogens is 207 g/mol. The number of halogens is 1. The lowest BCUT2D eigenvalue weighted by atomic mass is 9.83. The highest BCUT2D eigenvalue weighted by Crippen LogP contribution is 2.30. The van der Waals surface area contributed by atoms with Gasteiger partial charge in [-0.2, -0.15) is 5.26 Å². The average Bonchev–Trinajstić information content (AvgIpc) is 2.29. The molecule has 1 amide bonds. The first kappa shape index (κ1) is 10.6. The molecule has 1 heterocycles. The van der Waals surface area contributed by atoms with Crippen molar-refractivity contribution in [2.45, 2.75) is 24.8 Å². The smallest absolute Gasteiger partial charge is 0.221 e. The lowest BCUT2D eigenvalue weighted by Gasteiger charge is -2.32. The summed E-state index contributed by atoms with van der Waals surface area (Å²) in [6.07, 6.45) is 1.70. The summed E-state index contributed by atoms with van der Waals surface area (Å²) < 4.78 is 12.8. The minimum Gasteiger partial charge on any atom is -0.334 e. The summed E-state index contributed by atoms with van der Waals surface area (Å²) >= 11 is 0. The van der Waals surface area contributed by atoms with E-state index in [0.29, 0.717) is 24.8 Å². The Morgan fingerprint density at radius 3 is 2.62 bits per heavy atom. The van der Waals surface area contributed by atoms with E-state index >= 15 is 0 Å². The molecule has 1 atom stereocenters. The van der Waals surface area contributed by atoms with Crippen LogP contribution in [0.1, 0.15) is 24.8 Å². The minimum absolute atomic E-state index is 0.128. The molecule has 4 heteroatoms. The molecule has 0 radical (unpaired) electrons. The normalized spacial score (nSPS) is 24.6. The number of carbonyl (C=O) groups excluding carboxylic acids is 1. The van der Waals surface area contributed by atoms with E-state index in [1.165, 1.54) is 12.1 Å². The van der Waals surface area contributed by atoms with Gasteiger partial charge in [-0.1, -0.05) is 12.1 Å². The van der Waals surface area contributed by atoms with Crippen LogP contribution in [0.25, 0.3) is 0 Å². The molecule has 1 unspecified atom stereocenters. The molecule has 1 aromatic rings. The standard InChI is InChI=1S/C12H11FN2O/c13-10-5-3-9(4-6-10)12(8-14)7-1-2-11(16)15-12/h3-6H,1-2,7H2,(H,15,16). The Hall–Kier alpha value is -1.89. The van der Waals surface area contributed by atoms with Crippen LogP contribution in [0.3, 0.4) is 0 Å². The van der Waals surface area contributed by atoms with Crippen molar-refractivity contribution in [2.24, 2.45) is 0 Å². The third kappa shape index (κ3) is 1.76. The predicted octanol–water partition coefficient (Wildman–Crippen LogP) is 1.84. The average molecular weight is 218 g/mol. The number of carbonyl (C=O) groups is 1. The molecule has 0 bridgehead atoms. The van der Waals surface area contributed by atoms with Gasteiger partial charge in [-0.15, -0.1) is 0 Å². The Bertz CT molecular complexity index is 449. The molecule has 0 aliphatic carbocycles. The Morgan fingerprint density at radius 2 is 2.06 bits per heavy atom. The fourth-order valence-electron chi connectivity index (χ4n) is 1.98. The van der Waals surface area contributed by atoms with Crippen molar-refractivity contribution in [3.63, 3.8) is 0 Å². The largest absolute Gasteiger partial charge is 0.334 e. The summed E-state index contributed by atoms with van der Waals surface area (Å²) in [5.41, 5.74) is -0.340. The van der Waals surface area contributed by atoms with E-state index in [0.717, 1.165) is 0 Å². The summed E-state index contributed by atoms with van der Waals surface area (Å²) in [7, 11) is 0. The van der Waals surface area contributed by atoms with Crippen molar-refractivity contribution in [2.75, 3.05) is 0 Å². The van der Waals surface area contributed by atoms with Crippen LogP contribution in [0.15, 0.2) is 24.3 Å². The monoisotopic (exact) mass is 218 g/mol. The van der Waals surface area contributed by atoms with Gasteiger partial charge in [-0.05, 0) is 30.5 Å². The second-order valence-corrected chi connectivity index (χ2v) is 3.93. The van der Waals surface area contributed by atoms with Gasteiger partial charge < -0.3 is 5.32 Å². The number of piperidine rings is 1. The third-order valence-electron chi connectivity index (χ3n) is 2.84. The maximum absolute atomic E-state index is 12.8.